The zero-order valence-corrected chi connectivity index (χ0v) is 12.0. The number of nitrogens with two attached hydrogens (primary N) is 1. The maximum absolute atomic E-state index is 12.4. The Morgan fingerprint density at radius 3 is 2.77 bits per heavy atom. The molecule has 7 nitrogen and oxygen atoms in total. The number of para-hydroxylation sites is 2. The number of nitrogen functional groups attached to an aromatic ring is 1. The van der Waals surface area contributed by atoms with Crippen LogP contribution >= 0.6 is 0 Å². The van der Waals surface area contributed by atoms with Gasteiger partial charge in [-0.15, -0.1) is 0 Å². The minimum atomic E-state index is -0.0580. The van der Waals surface area contributed by atoms with E-state index in [4.69, 9.17) is 5.73 Å². The highest BCUT2D eigenvalue weighted by Gasteiger charge is 2.24. The van der Waals surface area contributed by atoms with Gasteiger partial charge in [0.05, 0.1) is 17.2 Å². The summed E-state index contributed by atoms with van der Waals surface area (Å²) in [5, 5.41) is 4.22. The Morgan fingerprint density at radius 1 is 1.23 bits per heavy atom. The topological polar surface area (TPSA) is 92.8 Å². The first-order valence-electron chi connectivity index (χ1n) is 7.32. The van der Waals surface area contributed by atoms with Crippen molar-refractivity contribution in [2.24, 2.45) is 0 Å². The first kappa shape index (κ1) is 12.9. The van der Waals surface area contributed by atoms with Gasteiger partial charge in [-0.1, -0.05) is 12.1 Å². The van der Waals surface area contributed by atoms with Crippen LogP contribution in [0.2, 0.25) is 0 Å². The number of nitrogens with zero attached hydrogens (tertiary/aromatic N) is 4. The van der Waals surface area contributed by atoms with Crippen molar-refractivity contribution in [1.82, 2.24) is 24.6 Å². The molecular weight excluding hydrogens is 280 g/mol. The second kappa shape index (κ2) is 4.87. The van der Waals surface area contributed by atoms with Crippen LogP contribution in [-0.2, 0) is 0 Å². The highest BCUT2D eigenvalue weighted by molar-refractivity contribution is 5.98. The minimum absolute atomic E-state index is 0.0580. The van der Waals surface area contributed by atoms with Crippen molar-refractivity contribution in [3.63, 3.8) is 0 Å². The van der Waals surface area contributed by atoms with Crippen LogP contribution in [0.4, 0.5) is 5.82 Å². The second-order valence-electron chi connectivity index (χ2n) is 5.43. The van der Waals surface area contributed by atoms with Gasteiger partial charge in [-0.25, -0.2) is 4.98 Å². The van der Waals surface area contributed by atoms with Crippen LogP contribution < -0.4 is 5.73 Å². The third kappa shape index (κ3) is 1.93. The molecule has 3 N–H and O–H groups in total. The molecule has 22 heavy (non-hydrogen) atoms. The number of aromatic amines is 1. The zero-order valence-electron chi connectivity index (χ0n) is 12.0. The maximum atomic E-state index is 12.4. The van der Waals surface area contributed by atoms with Gasteiger partial charge in [0.15, 0.2) is 0 Å². The predicted octanol–water partition coefficient (Wildman–Crippen LogP) is 1.57. The molecule has 7 heteroatoms. The molecule has 1 aliphatic rings. The zero-order chi connectivity index (χ0) is 15.1. The van der Waals surface area contributed by atoms with E-state index in [1.165, 1.54) is 10.9 Å². The molecule has 0 atom stereocenters. The van der Waals surface area contributed by atoms with Crippen LogP contribution in [0.5, 0.6) is 0 Å². The lowest BCUT2D eigenvalue weighted by Crippen LogP contribution is -2.28. The van der Waals surface area contributed by atoms with Gasteiger partial charge >= 0.3 is 0 Å². The smallest absolute Gasteiger partial charge is 0.259 e. The molecule has 112 valence electrons. The van der Waals surface area contributed by atoms with Crippen LogP contribution in [0.15, 0.2) is 30.5 Å². The molecule has 1 amide bonds. The van der Waals surface area contributed by atoms with Gasteiger partial charge in [-0.3, -0.25) is 4.79 Å². The van der Waals surface area contributed by atoms with Crippen molar-refractivity contribution >= 4 is 22.8 Å². The standard InChI is InChI=1S/C15H16N6O/c16-13-10(14(22)20-7-3-4-8-20)9-17-21(13)15-18-11-5-1-2-6-12(11)19-15/h1-2,5-6,9H,3-4,7-8,16H2,(H,18,19). The predicted molar refractivity (Wildman–Crippen MR) is 82.8 cm³/mol. The van der Waals surface area contributed by atoms with Gasteiger partial charge in [-0.2, -0.15) is 9.78 Å². The highest BCUT2D eigenvalue weighted by atomic mass is 16.2. The number of likely N-dealkylation sites (tertiary alicyclic amines) is 1. The SMILES string of the molecule is Nc1c(C(=O)N2CCCC2)cnn1-c1nc2ccccc2[nH]1. The Hall–Kier alpha value is -2.83. The number of fused-ring (bicyclic) bond motifs is 1. The summed E-state index contributed by atoms with van der Waals surface area (Å²) in [7, 11) is 0. The fourth-order valence-electron chi connectivity index (χ4n) is 2.82. The quantitative estimate of drug-likeness (QED) is 0.750. The Kier molecular flexibility index (Phi) is 2.85. The summed E-state index contributed by atoms with van der Waals surface area (Å²) in [6.45, 7) is 1.57. The lowest BCUT2D eigenvalue weighted by molar-refractivity contribution is 0.0794. The Balaban J connectivity index is 1.72. The van der Waals surface area contributed by atoms with Crippen LogP contribution in [0.3, 0.4) is 0 Å². The fourth-order valence-corrected chi connectivity index (χ4v) is 2.82. The van der Waals surface area contributed by atoms with Crippen molar-refractivity contribution in [3.8, 4) is 5.95 Å². The molecule has 0 saturated carbocycles. The number of rotatable bonds is 2. The number of aromatic nitrogens is 4. The molecule has 0 spiro atoms. The number of anilines is 1. The lowest BCUT2D eigenvalue weighted by Gasteiger charge is -2.14. The van der Waals surface area contributed by atoms with E-state index < -0.39 is 0 Å². The van der Waals surface area contributed by atoms with E-state index in [1.807, 2.05) is 29.2 Å². The molecule has 3 heterocycles. The molecule has 1 aliphatic heterocycles. The van der Waals surface area contributed by atoms with E-state index in [1.54, 1.807) is 0 Å². The summed E-state index contributed by atoms with van der Waals surface area (Å²) in [5.74, 6) is 0.771. The van der Waals surface area contributed by atoms with Crippen molar-refractivity contribution in [3.05, 3.63) is 36.0 Å². The summed E-state index contributed by atoms with van der Waals surface area (Å²) >= 11 is 0. The van der Waals surface area contributed by atoms with Gasteiger partial charge in [0, 0.05) is 13.1 Å². The number of hydrogen-bond donors (Lipinski definition) is 2. The van der Waals surface area contributed by atoms with E-state index in [-0.39, 0.29) is 5.91 Å². The number of benzene rings is 1. The molecular formula is C15H16N6O. The monoisotopic (exact) mass is 296 g/mol. The summed E-state index contributed by atoms with van der Waals surface area (Å²) in [4.78, 5) is 21.9. The van der Waals surface area contributed by atoms with Gasteiger partial charge in [0.1, 0.15) is 11.4 Å². The fraction of sp³-hybridized carbons (Fsp3) is 0.267. The number of amides is 1. The minimum Gasteiger partial charge on any atom is -0.383 e. The molecule has 3 aromatic rings. The molecule has 0 unspecified atom stereocenters. The van der Waals surface area contributed by atoms with Crippen LogP contribution in [0.1, 0.15) is 23.2 Å². The number of carbonyl (C=O) groups is 1. The van der Waals surface area contributed by atoms with Crippen LogP contribution in [0.25, 0.3) is 17.0 Å². The average molecular weight is 296 g/mol. The molecule has 1 saturated heterocycles. The van der Waals surface area contributed by atoms with Crippen LogP contribution in [0, 0.1) is 0 Å². The molecule has 0 bridgehead atoms. The Bertz CT molecular complexity index is 810. The third-order valence-electron chi connectivity index (χ3n) is 4.01. The van der Waals surface area contributed by atoms with E-state index in [2.05, 4.69) is 15.1 Å². The third-order valence-corrected chi connectivity index (χ3v) is 4.01. The normalized spacial score (nSPS) is 14.8. The van der Waals surface area contributed by atoms with Crippen molar-refractivity contribution < 1.29 is 4.79 Å². The summed E-state index contributed by atoms with van der Waals surface area (Å²) in [6, 6.07) is 7.69. The van der Waals surface area contributed by atoms with Gasteiger partial charge in [0.25, 0.3) is 5.91 Å². The molecule has 1 aromatic carbocycles. The molecule has 2 aromatic heterocycles. The van der Waals surface area contributed by atoms with Gasteiger partial charge in [0.2, 0.25) is 5.95 Å². The summed E-state index contributed by atoms with van der Waals surface area (Å²) in [5.41, 5.74) is 8.29. The van der Waals surface area contributed by atoms with E-state index in [0.717, 1.165) is 37.0 Å². The first-order valence-corrected chi connectivity index (χ1v) is 7.32. The number of H-pyrrole nitrogens is 1. The maximum Gasteiger partial charge on any atom is 0.259 e. The largest absolute Gasteiger partial charge is 0.383 e. The van der Waals surface area contributed by atoms with Crippen molar-refractivity contribution in [1.29, 1.82) is 0 Å². The summed E-state index contributed by atoms with van der Waals surface area (Å²) in [6.07, 6.45) is 3.61. The van der Waals surface area contributed by atoms with E-state index in [0.29, 0.717) is 17.3 Å². The number of nitrogens with one attached hydrogen (secondary N) is 1. The first-order chi connectivity index (χ1) is 10.7. The average Bonchev–Trinajstić information content (AvgIpc) is 3.25. The molecule has 0 radical (unpaired) electrons. The Morgan fingerprint density at radius 2 is 2.00 bits per heavy atom. The second-order valence-corrected chi connectivity index (χ2v) is 5.43. The van der Waals surface area contributed by atoms with Gasteiger partial charge < -0.3 is 15.6 Å². The van der Waals surface area contributed by atoms with Crippen LogP contribution in [-0.4, -0.2) is 43.6 Å². The van der Waals surface area contributed by atoms with Crippen molar-refractivity contribution in [2.75, 3.05) is 18.8 Å². The lowest BCUT2D eigenvalue weighted by atomic mass is 10.3. The van der Waals surface area contributed by atoms with E-state index >= 15 is 0 Å². The van der Waals surface area contributed by atoms with Gasteiger partial charge in [-0.05, 0) is 25.0 Å². The Labute approximate surface area is 126 Å². The molecule has 0 aliphatic carbocycles. The molecule has 4 rings (SSSR count). The van der Waals surface area contributed by atoms with E-state index in [9.17, 15) is 4.79 Å². The number of imidazole rings is 1. The highest BCUT2D eigenvalue weighted by Crippen LogP contribution is 2.21. The number of hydrogen-bond acceptors (Lipinski definition) is 4. The van der Waals surface area contributed by atoms with Crippen molar-refractivity contribution in [2.45, 2.75) is 12.8 Å². The number of carbonyl (C=O) groups excluding carboxylic acids is 1. The molecule has 1 fully saturated rings. The summed E-state index contributed by atoms with van der Waals surface area (Å²) < 4.78 is 1.48.